The molecule has 0 spiro atoms. The molecule has 3 aliphatic heterocycles. The van der Waals surface area contributed by atoms with Gasteiger partial charge in [-0.25, -0.2) is 4.79 Å². The van der Waals surface area contributed by atoms with Gasteiger partial charge in [0.1, 0.15) is 25.1 Å². The van der Waals surface area contributed by atoms with Gasteiger partial charge in [-0.1, -0.05) is 0 Å². The van der Waals surface area contributed by atoms with Crippen molar-refractivity contribution in [3.8, 4) is 5.75 Å². The van der Waals surface area contributed by atoms with Gasteiger partial charge in [0.15, 0.2) is 36.5 Å². The molecule has 0 amide bonds. The van der Waals surface area contributed by atoms with Crippen LogP contribution >= 0.6 is 0 Å². The normalized spacial score (nSPS) is 30.4. The number of ether oxygens (including phenoxy) is 11. The Kier molecular flexibility index (Phi) is 13.4. The second-order valence-electron chi connectivity index (χ2n) is 11.8. The third-order valence-electron chi connectivity index (χ3n) is 8.01. The van der Waals surface area contributed by atoms with Gasteiger partial charge >= 0.3 is 35.8 Å². The standard InChI is InChI=1S/C33H40O18/c1-15(34)43-14-24-27(45-16(2)35)28(46-17(3)36)29(47-18(4)37)33(49-24)51-31-25-22(11-12-42-31)26(32(48-19(5)38)44-13-23(25)39)50-30(40)20-7-9-21(41-6)10-8-20/h7-10,22,24-29,31-33H,11-14H2,1-6H3/t22-,24+,25+,26-,27+,28-,29+,31+,32-,33-/m0/s1. The zero-order valence-corrected chi connectivity index (χ0v) is 28.8. The van der Waals surface area contributed by atoms with Crippen molar-refractivity contribution in [1.82, 2.24) is 0 Å². The number of Topliss-reactive ketones (excluding diaryl/α,β-unsaturated/α-hetero) is 1. The molecule has 3 saturated heterocycles. The maximum atomic E-state index is 13.7. The van der Waals surface area contributed by atoms with Crippen LogP contribution in [0.5, 0.6) is 5.75 Å². The van der Waals surface area contributed by atoms with Gasteiger partial charge in [0, 0.05) is 40.5 Å². The minimum Gasteiger partial charge on any atom is -0.497 e. The number of rotatable bonds is 11. The molecule has 0 radical (unpaired) electrons. The molecule has 18 heteroatoms. The summed E-state index contributed by atoms with van der Waals surface area (Å²) in [4.78, 5) is 87.5. The van der Waals surface area contributed by atoms with Crippen molar-refractivity contribution in [2.24, 2.45) is 11.8 Å². The summed E-state index contributed by atoms with van der Waals surface area (Å²) in [5, 5.41) is 0. The molecule has 18 nitrogen and oxygen atoms in total. The average molecular weight is 725 g/mol. The molecule has 0 saturated carbocycles. The molecule has 0 aliphatic carbocycles. The van der Waals surface area contributed by atoms with Crippen LogP contribution in [-0.2, 0) is 76.1 Å². The van der Waals surface area contributed by atoms with Crippen LogP contribution in [0.1, 0.15) is 51.4 Å². The summed E-state index contributed by atoms with van der Waals surface area (Å²) in [5.74, 6) is -7.13. The van der Waals surface area contributed by atoms with Crippen molar-refractivity contribution < 1.29 is 85.7 Å². The SMILES string of the molecule is COc1ccc(C(=O)O[C@@H]2[C@H](OC(C)=O)OCC(=O)[C@@H]3[C@@H](O[C@@H]4O[C@H](COC(C)=O)[C@@H](OC(C)=O)[C@H](OC(C)=O)[C@H]4OC(C)=O)OCC[C@H]23)cc1. The summed E-state index contributed by atoms with van der Waals surface area (Å²) in [6.07, 6.45) is -11.9. The number of methoxy groups -OCH3 is 1. The van der Waals surface area contributed by atoms with E-state index in [-0.39, 0.29) is 18.6 Å². The van der Waals surface area contributed by atoms with E-state index in [1.165, 1.54) is 19.2 Å². The van der Waals surface area contributed by atoms with Gasteiger partial charge in [0.05, 0.1) is 25.2 Å². The van der Waals surface area contributed by atoms with Crippen LogP contribution in [0.2, 0.25) is 0 Å². The molecule has 1 aromatic carbocycles. The molecule has 51 heavy (non-hydrogen) atoms. The highest BCUT2D eigenvalue weighted by Crippen LogP contribution is 2.40. The predicted octanol–water partition coefficient (Wildman–Crippen LogP) is 0.788. The first-order chi connectivity index (χ1) is 24.2. The molecule has 4 rings (SSSR count). The largest absolute Gasteiger partial charge is 0.497 e. The Balaban J connectivity index is 1.70. The zero-order chi connectivity index (χ0) is 37.4. The van der Waals surface area contributed by atoms with E-state index in [1.807, 2.05) is 0 Å². The lowest BCUT2D eigenvalue weighted by Crippen LogP contribution is -2.64. The summed E-state index contributed by atoms with van der Waals surface area (Å²) >= 11 is 0. The van der Waals surface area contributed by atoms with Gasteiger partial charge in [-0.3, -0.25) is 28.8 Å². The molecule has 3 fully saturated rings. The molecule has 0 bridgehead atoms. The van der Waals surface area contributed by atoms with Crippen molar-refractivity contribution in [1.29, 1.82) is 0 Å². The third-order valence-corrected chi connectivity index (χ3v) is 8.01. The van der Waals surface area contributed by atoms with Crippen molar-refractivity contribution in [3.63, 3.8) is 0 Å². The van der Waals surface area contributed by atoms with E-state index in [0.717, 1.165) is 34.6 Å². The molecule has 10 atom stereocenters. The smallest absolute Gasteiger partial charge is 0.338 e. The van der Waals surface area contributed by atoms with Crippen molar-refractivity contribution in [2.75, 3.05) is 26.9 Å². The molecule has 3 aliphatic rings. The van der Waals surface area contributed by atoms with Crippen LogP contribution in [0.3, 0.4) is 0 Å². The summed E-state index contributed by atoms with van der Waals surface area (Å²) < 4.78 is 61.5. The first-order valence-electron chi connectivity index (χ1n) is 15.9. The molecule has 280 valence electrons. The molecule has 0 aromatic heterocycles. The number of benzene rings is 1. The second kappa shape index (κ2) is 17.5. The summed E-state index contributed by atoms with van der Waals surface area (Å²) in [6.45, 7) is 4.24. The monoisotopic (exact) mass is 724 g/mol. The lowest BCUT2D eigenvalue weighted by atomic mass is 9.80. The van der Waals surface area contributed by atoms with Crippen molar-refractivity contribution in [3.05, 3.63) is 29.8 Å². The molecular weight excluding hydrogens is 684 g/mol. The Morgan fingerprint density at radius 1 is 0.686 bits per heavy atom. The Labute approximate surface area is 292 Å². The third kappa shape index (κ3) is 10.2. The minimum absolute atomic E-state index is 0.0756. The maximum Gasteiger partial charge on any atom is 0.338 e. The molecular formula is C33H40O18. The first kappa shape index (κ1) is 39.1. The average Bonchev–Trinajstić information content (AvgIpc) is 3.18. The van der Waals surface area contributed by atoms with Gasteiger partial charge in [-0.05, 0) is 30.7 Å². The van der Waals surface area contributed by atoms with Crippen LogP contribution in [0.15, 0.2) is 24.3 Å². The highest BCUT2D eigenvalue weighted by molar-refractivity contribution is 5.90. The maximum absolute atomic E-state index is 13.7. The van der Waals surface area contributed by atoms with E-state index in [4.69, 9.17) is 52.1 Å². The zero-order valence-electron chi connectivity index (χ0n) is 28.8. The number of esters is 6. The Bertz CT molecular complexity index is 1460. The Morgan fingerprint density at radius 2 is 1.29 bits per heavy atom. The summed E-state index contributed by atoms with van der Waals surface area (Å²) in [7, 11) is 1.46. The number of hydrogen-bond donors (Lipinski definition) is 0. The fourth-order valence-electron chi connectivity index (χ4n) is 6.00. The van der Waals surface area contributed by atoms with Gasteiger partial charge < -0.3 is 52.1 Å². The molecule has 1 aromatic rings. The number of ketones is 1. The quantitative estimate of drug-likeness (QED) is 0.227. The van der Waals surface area contributed by atoms with E-state index < -0.39 is 116 Å². The summed E-state index contributed by atoms with van der Waals surface area (Å²) in [6, 6.07) is 6.01. The number of carbonyl (C=O) groups excluding carboxylic acids is 7. The highest BCUT2D eigenvalue weighted by atomic mass is 16.8. The van der Waals surface area contributed by atoms with Crippen molar-refractivity contribution in [2.45, 2.75) is 90.4 Å². The lowest BCUT2D eigenvalue weighted by Gasteiger charge is -2.46. The van der Waals surface area contributed by atoms with E-state index in [0.29, 0.717) is 5.75 Å². The number of hydrogen-bond acceptors (Lipinski definition) is 18. The first-order valence-corrected chi connectivity index (χ1v) is 15.9. The molecule has 0 N–H and O–H groups in total. The minimum atomic E-state index is -1.68. The fraction of sp³-hybridized carbons (Fsp3) is 0.606. The molecule has 3 heterocycles. The molecule has 0 unspecified atom stereocenters. The van der Waals surface area contributed by atoms with E-state index in [9.17, 15) is 33.6 Å². The summed E-state index contributed by atoms with van der Waals surface area (Å²) in [5.41, 5.74) is 0.127. The topological polar surface area (TPSA) is 221 Å². The van der Waals surface area contributed by atoms with Crippen molar-refractivity contribution >= 4 is 41.6 Å². The fourth-order valence-corrected chi connectivity index (χ4v) is 6.00. The number of carbonyl (C=O) groups is 7. The van der Waals surface area contributed by atoms with E-state index in [1.54, 1.807) is 12.1 Å². The van der Waals surface area contributed by atoms with E-state index in [2.05, 4.69) is 0 Å². The Morgan fingerprint density at radius 3 is 1.88 bits per heavy atom. The predicted molar refractivity (Wildman–Crippen MR) is 163 cm³/mol. The van der Waals surface area contributed by atoms with Gasteiger partial charge in [-0.2, -0.15) is 0 Å². The Hall–Kier alpha value is -4.65. The van der Waals surface area contributed by atoms with Crippen LogP contribution in [0.4, 0.5) is 0 Å². The van der Waals surface area contributed by atoms with Crippen LogP contribution in [-0.4, -0.2) is 118 Å². The van der Waals surface area contributed by atoms with Crippen LogP contribution < -0.4 is 4.74 Å². The highest BCUT2D eigenvalue weighted by Gasteiger charge is 2.56. The lowest BCUT2D eigenvalue weighted by molar-refractivity contribution is -0.352. The second-order valence-corrected chi connectivity index (χ2v) is 11.8. The van der Waals surface area contributed by atoms with E-state index >= 15 is 0 Å². The van der Waals surface area contributed by atoms with Crippen LogP contribution in [0.25, 0.3) is 0 Å². The van der Waals surface area contributed by atoms with Gasteiger partial charge in [-0.15, -0.1) is 0 Å². The number of fused-ring (bicyclic) bond motifs is 1. The van der Waals surface area contributed by atoms with Gasteiger partial charge in [0.25, 0.3) is 0 Å². The van der Waals surface area contributed by atoms with Gasteiger partial charge in [0.2, 0.25) is 12.6 Å². The van der Waals surface area contributed by atoms with Crippen LogP contribution in [0, 0.1) is 11.8 Å².